The molecule has 0 aromatic heterocycles. The van der Waals surface area contributed by atoms with E-state index < -0.39 is 27.0 Å². The maximum Gasteiger partial charge on any atom is 0.335 e. The molecule has 1 unspecified atom stereocenters. The van der Waals surface area contributed by atoms with Crippen molar-refractivity contribution in [1.29, 1.82) is 0 Å². The number of carboxylic acid groups (broad SMARTS) is 1. The second kappa shape index (κ2) is 4.65. The fourth-order valence-corrected chi connectivity index (χ4v) is 3.73. The van der Waals surface area contributed by atoms with Crippen LogP contribution in [0.5, 0.6) is 0 Å². The third kappa shape index (κ3) is 2.33. The van der Waals surface area contributed by atoms with Crippen molar-refractivity contribution in [3.8, 4) is 0 Å². The quantitative estimate of drug-likeness (QED) is 0.866. The number of carbonyl (C=O) groups is 2. The number of likely N-dealkylation sites (tertiary alicyclic amines) is 1. The zero-order chi connectivity index (χ0) is 14.2. The minimum absolute atomic E-state index is 0.00816. The number of nitrogens with zero attached hydrogens (tertiary/aromatic N) is 1. The van der Waals surface area contributed by atoms with Crippen LogP contribution in [0, 0.1) is 0 Å². The van der Waals surface area contributed by atoms with Gasteiger partial charge in [-0.05, 0) is 30.7 Å². The summed E-state index contributed by atoms with van der Waals surface area (Å²) in [5, 5.41) is 7.69. The second-order valence-corrected chi connectivity index (χ2v) is 6.54. The Kier molecular flexibility index (Phi) is 3.32. The lowest BCUT2D eigenvalue weighted by atomic mass is 10.2. The molecule has 1 aromatic carbocycles. The summed E-state index contributed by atoms with van der Waals surface area (Å²) in [7, 11) is -2.19. The van der Waals surface area contributed by atoms with E-state index in [1.807, 2.05) is 0 Å². The molecule has 1 saturated heterocycles. The predicted octanol–water partition coefficient (Wildman–Crippen LogP) is 0.389. The molecular weight excluding hydrogens is 270 g/mol. The lowest BCUT2D eigenvalue weighted by molar-refractivity contribution is -0.126. The molecule has 1 atom stereocenters. The molecule has 1 N–H and O–H groups in total. The number of benzene rings is 1. The number of rotatable bonds is 3. The maximum absolute atomic E-state index is 12.3. The lowest BCUT2D eigenvalue weighted by Gasteiger charge is -2.11. The molecule has 1 aliphatic heterocycles. The molecule has 1 aliphatic rings. The molecule has 19 heavy (non-hydrogen) atoms. The van der Waals surface area contributed by atoms with Crippen LogP contribution in [-0.4, -0.2) is 49.1 Å². The van der Waals surface area contributed by atoms with Crippen LogP contribution in [0.1, 0.15) is 16.8 Å². The zero-order valence-corrected chi connectivity index (χ0v) is 11.1. The van der Waals surface area contributed by atoms with E-state index in [9.17, 15) is 18.0 Å². The third-order valence-corrected chi connectivity index (χ3v) is 5.30. The molecule has 0 aliphatic carbocycles. The minimum Gasteiger partial charge on any atom is -0.478 e. The molecule has 1 amide bonds. The van der Waals surface area contributed by atoms with Gasteiger partial charge in [0.1, 0.15) is 5.25 Å². The van der Waals surface area contributed by atoms with Crippen molar-refractivity contribution in [2.45, 2.75) is 16.6 Å². The van der Waals surface area contributed by atoms with Crippen LogP contribution in [0.15, 0.2) is 29.2 Å². The summed E-state index contributed by atoms with van der Waals surface area (Å²) in [4.78, 5) is 23.8. The van der Waals surface area contributed by atoms with Crippen molar-refractivity contribution in [3.63, 3.8) is 0 Å². The van der Waals surface area contributed by atoms with E-state index in [1.54, 1.807) is 7.05 Å². The number of aromatic carboxylic acids is 1. The molecule has 1 fully saturated rings. The first-order valence-electron chi connectivity index (χ1n) is 5.66. The Morgan fingerprint density at radius 1 is 1.32 bits per heavy atom. The van der Waals surface area contributed by atoms with Gasteiger partial charge >= 0.3 is 5.97 Å². The van der Waals surface area contributed by atoms with Gasteiger partial charge in [-0.15, -0.1) is 0 Å². The number of amides is 1. The summed E-state index contributed by atoms with van der Waals surface area (Å²) in [6.07, 6.45) is 0.262. The van der Waals surface area contributed by atoms with E-state index in [2.05, 4.69) is 0 Å². The van der Waals surface area contributed by atoms with Crippen LogP contribution in [0.4, 0.5) is 0 Å². The summed E-state index contributed by atoms with van der Waals surface area (Å²) in [5.41, 5.74) is 0.00816. The Labute approximate surface area is 110 Å². The molecule has 2 rings (SSSR count). The van der Waals surface area contributed by atoms with Gasteiger partial charge in [-0.1, -0.05) is 0 Å². The van der Waals surface area contributed by atoms with Crippen molar-refractivity contribution in [1.82, 2.24) is 4.90 Å². The van der Waals surface area contributed by atoms with E-state index in [-0.39, 0.29) is 16.9 Å². The summed E-state index contributed by atoms with van der Waals surface area (Å²) >= 11 is 0. The molecule has 6 nitrogen and oxygen atoms in total. The average molecular weight is 283 g/mol. The predicted molar refractivity (Wildman–Crippen MR) is 66.6 cm³/mol. The normalized spacial score (nSPS) is 19.7. The Hall–Kier alpha value is -1.89. The molecule has 1 heterocycles. The van der Waals surface area contributed by atoms with Crippen LogP contribution in [-0.2, 0) is 14.6 Å². The minimum atomic E-state index is -3.75. The Balaban J connectivity index is 2.35. The number of carboxylic acids is 1. The second-order valence-electron chi connectivity index (χ2n) is 4.41. The van der Waals surface area contributed by atoms with Crippen molar-refractivity contribution in [3.05, 3.63) is 29.8 Å². The molecule has 7 heteroatoms. The van der Waals surface area contributed by atoms with E-state index in [0.717, 1.165) is 0 Å². The Bertz CT molecular complexity index is 620. The summed E-state index contributed by atoms with van der Waals surface area (Å²) in [5.74, 6) is -1.54. The topological polar surface area (TPSA) is 91.8 Å². The van der Waals surface area contributed by atoms with Gasteiger partial charge in [0.05, 0.1) is 10.5 Å². The van der Waals surface area contributed by atoms with Crippen molar-refractivity contribution >= 4 is 21.7 Å². The number of carbonyl (C=O) groups excluding carboxylic acids is 1. The highest BCUT2D eigenvalue weighted by molar-refractivity contribution is 7.92. The first-order valence-corrected chi connectivity index (χ1v) is 7.21. The summed E-state index contributed by atoms with van der Waals surface area (Å²) < 4.78 is 24.6. The van der Waals surface area contributed by atoms with Crippen molar-refractivity contribution < 1.29 is 23.1 Å². The molecule has 0 spiro atoms. The average Bonchev–Trinajstić information content (AvgIpc) is 2.70. The number of hydrogen-bond acceptors (Lipinski definition) is 4. The smallest absolute Gasteiger partial charge is 0.335 e. The Morgan fingerprint density at radius 3 is 2.32 bits per heavy atom. The SMILES string of the molecule is CN1CCC(S(=O)(=O)c2ccc(C(=O)O)cc2)C1=O. The molecule has 102 valence electrons. The molecule has 0 bridgehead atoms. The van der Waals surface area contributed by atoms with Crippen LogP contribution in [0.2, 0.25) is 0 Å². The van der Waals surface area contributed by atoms with Crippen molar-refractivity contribution in [2.24, 2.45) is 0 Å². The van der Waals surface area contributed by atoms with Crippen molar-refractivity contribution in [2.75, 3.05) is 13.6 Å². The van der Waals surface area contributed by atoms with Gasteiger partial charge in [0, 0.05) is 13.6 Å². The van der Waals surface area contributed by atoms with Gasteiger partial charge in [-0.25, -0.2) is 13.2 Å². The molecular formula is C12H13NO5S. The van der Waals surface area contributed by atoms with Crippen LogP contribution < -0.4 is 0 Å². The summed E-state index contributed by atoms with van der Waals surface area (Å²) in [6.45, 7) is 0.413. The monoisotopic (exact) mass is 283 g/mol. The first-order chi connectivity index (χ1) is 8.84. The van der Waals surface area contributed by atoms with Gasteiger partial charge in [0.25, 0.3) is 0 Å². The fourth-order valence-electron chi connectivity index (χ4n) is 2.03. The lowest BCUT2D eigenvalue weighted by Crippen LogP contribution is -2.31. The largest absolute Gasteiger partial charge is 0.478 e. The van der Waals surface area contributed by atoms with Gasteiger partial charge in [-0.3, -0.25) is 4.79 Å². The molecule has 0 saturated carbocycles. The number of hydrogen-bond donors (Lipinski definition) is 1. The van der Waals surface area contributed by atoms with E-state index in [0.29, 0.717) is 6.54 Å². The molecule has 1 aromatic rings. The van der Waals surface area contributed by atoms with Crippen LogP contribution >= 0.6 is 0 Å². The van der Waals surface area contributed by atoms with E-state index >= 15 is 0 Å². The zero-order valence-electron chi connectivity index (χ0n) is 10.2. The fraction of sp³-hybridized carbons (Fsp3) is 0.333. The van der Waals surface area contributed by atoms with E-state index in [4.69, 9.17) is 5.11 Å². The van der Waals surface area contributed by atoms with Gasteiger partial charge in [0.15, 0.2) is 9.84 Å². The van der Waals surface area contributed by atoms with Crippen LogP contribution in [0.3, 0.4) is 0 Å². The third-order valence-electron chi connectivity index (χ3n) is 3.18. The van der Waals surface area contributed by atoms with Gasteiger partial charge in [-0.2, -0.15) is 0 Å². The standard InChI is InChI=1S/C12H13NO5S/c1-13-7-6-10(11(13)14)19(17,18)9-4-2-8(3-5-9)12(15)16/h2-5,10H,6-7H2,1H3,(H,15,16). The van der Waals surface area contributed by atoms with Gasteiger partial charge < -0.3 is 10.0 Å². The van der Waals surface area contributed by atoms with E-state index in [1.165, 1.54) is 29.2 Å². The first kappa shape index (κ1) is 13.5. The number of sulfone groups is 1. The van der Waals surface area contributed by atoms with Gasteiger partial charge in [0.2, 0.25) is 5.91 Å². The highest BCUT2D eigenvalue weighted by Crippen LogP contribution is 2.24. The highest BCUT2D eigenvalue weighted by atomic mass is 32.2. The maximum atomic E-state index is 12.3. The molecule has 0 radical (unpaired) electrons. The Morgan fingerprint density at radius 2 is 1.89 bits per heavy atom. The summed E-state index contributed by atoms with van der Waals surface area (Å²) in [6, 6.07) is 4.89. The highest BCUT2D eigenvalue weighted by Gasteiger charge is 2.40. The van der Waals surface area contributed by atoms with Crippen LogP contribution in [0.25, 0.3) is 0 Å².